The fourth-order valence-electron chi connectivity index (χ4n) is 1.42. The van der Waals surface area contributed by atoms with Gasteiger partial charge in [-0.1, -0.05) is 6.07 Å². The second kappa shape index (κ2) is 5.29. The summed E-state index contributed by atoms with van der Waals surface area (Å²) in [6.45, 7) is 3.73. The van der Waals surface area contributed by atoms with E-state index in [2.05, 4.69) is 15.2 Å². The Balaban J connectivity index is 2.20. The van der Waals surface area contributed by atoms with Crippen LogP contribution in [-0.4, -0.2) is 21.2 Å². The maximum atomic E-state index is 5.80. The molecule has 0 bridgehead atoms. The molecule has 0 saturated carbocycles. The standard InChI is InChI=1S/C11H14N4OS/c1-7(12)6-9-4-3-5-13-10(9)17-11-15-14-8(2)16-11/h3-5,7H,6,12H2,1-2H3. The van der Waals surface area contributed by atoms with Gasteiger partial charge in [0.05, 0.1) is 0 Å². The van der Waals surface area contributed by atoms with Gasteiger partial charge < -0.3 is 10.2 Å². The van der Waals surface area contributed by atoms with Crippen LogP contribution in [0, 0.1) is 6.92 Å². The normalized spacial score (nSPS) is 12.6. The Morgan fingerprint density at radius 1 is 1.47 bits per heavy atom. The number of nitrogens with zero attached hydrogens (tertiary/aromatic N) is 3. The second-order valence-electron chi connectivity index (χ2n) is 3.84. The summed E-state index contributed by atoms with van der Waals surface area (Å²) >= 11 is 1.37. The zero-order valence-electron chi connectivity index (χ0n) is 9.75. The van der Waals surface area contributed by atoms with E-state index in [1.165, 1.54) is 11.8 Å². The van der Waals surface area contributed by atoms with E-state index < -0.39 is 0 Å². The number of aryl methyl sites for hydroxylation is 1. The lowest BCUT2D eigenvalue weighted by molar-refractivity contribution is 0.429. The van der Waals surface area contributed by atoms with Gasteiger partial charge in [-0.2, -0.15) is 0 Å². The lowest BCUT2D eigenvalue weighted by atomic mass is 10.1. The summed E-state index contributed by atoms with van der Waals surface area (Å²) < 4.78 is 5.32. The van der Waals surface area contributed by atoms with Gasteiger partial charge in [-0.15, -0.1) is 10.2 Å². The Morgan fingerprint density at radius 2 is 2.29 bits per heavy atom. The number of rotatable bonds is 4. The Kier molecular flexibility index (Phi) is 3.75. The van der Waals surface area contributed by atoms with Gasteiger partial charge in [0.25, 0.3) is 5.22 Å². The predicted molar refractivity (Wildman–Crippen MR) is 64.7 cm³/mol. The topological polar surface area (TPSA) is 77.8 Å². The zero-order valence-corrected chi connectivity index (χ0v) is 10.6. The molecule has 0 amide bonds. The van der Waals surface area contributed by atoms with Crippen molar-refractivity contribution in [2.24, 2.45) is 5.73 Å². The molecule has 6 heteroatoms. The summed E-state index contributed by atoms with van der Waals surface area (Å²) in [5.41, 5.74) is 6.90. The van der Waals surface area contributed by atoms with Gasteiger partial charge in [0.2, 0.25) is 5.89 Å². The van der Waals surface area contributed by atoms with E-state index in [9.17, 15) is 0 Å². The molecule has 17 heavy (non-hydrogen) atoms. The van der Waals surface area contributed by atoms with Crippen LogP contribution >= 0.6 is 11.8 Å². The third-order valence-corrected chi connectivity index (χ3v) is 2.98. The number of hydrogen-bond acceptors (Lipinski definition) is 6. The van der Waals surface area contributed by atoms with Crippen LogP contribution < -0.4 is 5.73 Å². The van der Waals surface area contributed by atoms with Gasteiger partial charge in [0.1, 0.15) is 5.03 Å². The summed E-state index contributed by atoms with van der Waals surface area (Å²) in [6, 6.07) is 4.02. The monoisotopic (exact) mass is 250 g/mol. The van der Waals surface area contributed by atoms with E-state index in [1.54, 1.807) is 13.1 Å². The van der Waals surface area contributed by atoms with Crippen LogP contribution in [-0.2, 0) is 6.42 Å². The Morgan fingerprint density at radius 3 is 2.94 bits per heavy atom. The zero-order chi connectivity index (χ0) is 12.3. The highest BCUT2D eigenvalue weighted by atomic mass is 32.2. The maximum Gasteiger partial charge on any atom is 0.282 e. The van der Waals surface area contributed by atoms with Crippen LogP contribution in [0.4, 0.5) is 0 Å². The molecule has 0 saturated heterocycles. The van der Waals surface area contributed by atoms with Crippen molar-refractivity contribution in [2.45, 2.75) is 36.6 Å². The van der Waals surface area contributed by atoms with E-state index in [0.29, 0.717) is 11.1 Å². The smallest absolute Gasteiger partial charge is 0.282 e. The van der Waals surface area contributed by atoms with Crippen molar-refractivity contribution in [3.05, 3.63) is 29.8 Å². The molecule has 2 rings (SSSR count). The minimum absolute atomic E-state index is 0.1000. The number of pyridine rings is 1. The highest BCUT2D eigenvalue weighted by Crippen LogP contribution is 2.27. The van der Waals surface area contributed by atoms with E-state index in [0.717, 1.165) is 17.0 Å². The maximum absolute atomic E-state index is 5.80. The molecule has 2 heterocycles. The van der Waals surface area contributed by atoms with Crippen molar-refractivity contribution < 1.29 is 4.42 Å². The first-order valence-electron chi connectivity index (χ1n) is 5.32. The summed E-state index contributed by atoms with van der Waals surface area (Å²) in [4.78, 5) is 4.32. The number of hydrogen-bond donors (Lipinski definition) is 1. The first-order chi connectivity index (χ1) is 8.15. The lowest BCUT2D eigenvalue weighted by Crippen LogP contribution is -2.18. The molecular weight excluding hydrogens is 236 g/mol. The van der Waals surface area contributed by atoms with Crippen molar-refractivity contribution >= 4 is 11.8 Å². The van der Waals surface area contributed by atoms with Crippen molar-refractivity contribution in [1.82, 2.24) is 15.2 Å². The van der Waals surface area contributed by atoms with E-state index in [1.807, 2.05) is 19.1 Å². The molecule has 2 aromatic rings. The van der Waals surface area contributed by atoms with E-state index in [-0.39, 0.29) is 6.04 Å². The van der Waals surface area contributed by atoms with Gasteiger partial charge in [0.15, 0.2) is 0 Å². The molecule has 1 atom stereocenters. The predicted octanol–water partition coefficient (Wildman–Crippen LogP) is 1.81. The molecule has 0 aliphatic carbocycles. The number of aromatic nitrogens is 3. The third kappa shape index (κ3) is 3.28. The summed E-state index contributed by atoms with van der Waals surface area (Å²) in [7, 11) is 0. The molecule has 0 aliphatic rings. The van der Waals surface area contributed by atoms with Crippen LogP contribution in [0.2, 0.25) is 0 Å². The second-order valence-corrected chi connectivity index (χ2v) is 4.78. The molecule has 0 radical (unpaired) electrons. The van der Waals surface area contributed by atoms with Crippen molar-refractivity contribution in [3.8, 4) is 0 Å². The minimum atomic E-state index is 0.1000. The van der Waals surface area contributed by atoms with Gasteiger partial charge >= 0.3 is 0 Å². The molecular formula is C11H14N4OS. The average Bonchev–Trinajstić information content (AvgIpc) is 2.66. The summed E-state index contributed by atoms with van der Waals surface area (Å²) in [5.74, 6) is 0.553. The molecule has 5 nitrogen and oxygen atoms in total. The van der Waals surface area contributed by atoms with Gasteiger partial charge in [-0.25, -0.2) is 4.98 Å². The van der Waals surface area contributed by atoms with E-state index in [4.69, 9.17) is 10.2 Å². The fraction of sp³-hybridized carbons (Fsp3) is 0.364. The van der Waals surface area contributed by atoms with Gasteiger partial charge in [-0.05, 0) is 36.7 Å². The Labute approximate surface area is 104 Å². The van der Waals surface area contributed by atoms with E-state index >= 15 is 0 Å². The largest absolute Gasteiger partial charge is 0.416 e. The highest BCUT2D eigenvalue weighted by molar-refractivity contribution is 7.99. The quantitative estimate of drug-likeness (QED) is 0.891. The van der Waals surface area contributed by atoms with Crippen molar-refractivity contribution in [3.63, 3.8) is 0 Å². The molecule has 2 N–H and O–H groups in total. The van der Waals surface area contributed by atoms with Crippen molar-refractivity contribution in [2.75, 3.05) is 0 Å². The molecule has 0 fully saturated rings. The average molecular weight is 250 g/mol. The van der Waals surface area contributed by atoms with Crippen LogP contribution in [0.3, 0.4) is 0 Å². The molecule has 0 aliphatic heterocycles. The third-order valence-electron chi connectivity index (χ3n) is 2.08. The molecule has 2 aromatic heterocycles. The Bertz CT molecular complexity index is 498. The van der Waals surface area contributed by atoms with Crippen LogP contribution in [0.25, 0.3) is 0 Å². The number of nitrogens with two attached hydrogens (primary N) is 1. The SMILES string of the molecule is Cc1nnc(Sc2ncccc2CC(C)N)o1. The molecule has 0 spiro atoms. The lowest BCUT2D eigenvalue weighted by Gasteiger charge is -2.08. The van der Waals surface area contributed by atoms with Crippen molar-refractivity contribution in [1.29, 1.82) is 0 Å². The molecule has 90 valence electrons. The minimum Gasteiger partial charge on any atom is -0.416 e. The first-order valence-corrected chi connectivity index (χ1v) is 6.14. The highest BCUT2D eigenvalue weighted by Gasteiger charge is 2.11. The first kappa shape index (κ1) is 12.1. The summed E-state index contributed by atoms with van der Waals surface area (Å²) in [6.07, 6.45) is 2.53. The molecule has 1 unspecified atom stereocenters. The van der Waals surface area contributed by atoms with Crippen LogP contribution in [0.5, 0.6) is 0 Å². The fourth-order valence-corrected chi connectivity index (χ4v) is 2.23. The van der Waals surface area contributed by atoms with Gasteiger partial charge in [0, 0.05) is 19.2 Å². The van der Waals surface area contributed by atoms with Gasteiger partial charge in [-0.3, -0.25) is 0 Å². The van der Waals surface area contributed by atoms with Crippen LogP contribution in [0.1, 0.15) is 18.4 Å². The Hall–Kier alpha value is -1.40. The molecule has 0 aromatic carbocycles. The van der Waals surface area contributed by atoms with Crippen LogP contribution in [0.15, 0.2) is 33.0 Å². The summed E-state index contributed by atoms with van der Waals surface area (Å²) in [5, 5.41) is 9.10.